The Labute approximate surface area is 208 Å². The second kappa shape index (κ2) is 8.37. The number of H-pyrrole nitrogens is 1. The van der Waals surface area contributed by atoms with Crippen molar-refractivity contribution in [3.8, 4) is 5.88 Å². The maximum absolute atomic E-state index is 13.0. The maximum atomic E-state index is 13.0. The Kier molecular flexibility index (Phi) is 5.48. The van der Waals surface area contributed by atoms with Gasteiger partial charge in [0.2, 0.25) is 5.88 Å². The summed E-state index contributed by atoms with van der Waals surface area (Å²) >= 11 is 6.88. The van der Waals surface area contributed by atoms with Crippen molar-refractivity contribution in [2.45, 2.75) is 6.54 Å². The van der Waals surface area contributed by atoms with E-state index in [0.29, 0.717) is 10.9 Å². The number of aromatic nitrogens is 5. The molecule has 2 aromatic carbocycles. The molecule has 5 rings (SSSR count). The molecule has 172 valence electrons. The van der Waals surface area contributed by atoms with Crippen LogP contribution in [0, 0.1) is 0 Å². The molecule has 0 aliphatic rings. The summed E-state index contributed by atoms with van der Waals surface area (Å²) in [6.45, 7) is 0.267. The van der Waals surface area contributed by atoms with Gasteiger partial charge in [-0.15, -0.1) is 10.2 Å². The number of rotatable bonds is 4. The summed E-state index contributed by atoms with van der Waals surface area (Å²) in [5.74, 6) is -0.0214. The lowest BCUT2D eigenvalue weighted by Gasteiger charge is -2.08. The van der Waals surface area contributed by atoms with Crippen molar-refractivity contribution in [2.75, 3.05) is 0 Å². The van der Waals surface area contributed by atoms with Gasteiger partial charge in [-0.3, -0.25) is 18.5 Å². The molecule has 0 aliphatic carbocycles. The Bertz CT molecular complexity index is 1740. The van der Waals surface area contributed by atoms with E-state index >= 15 is 0 Å². The van der Waals surface area contributed by atoms with E-state index in [4.69, 9.17) is 0 Å². The number of halogens is 2. The quantitative estimate of drug-likeness (QED) is 0.299. The fourth-order valence-electron chi connectivity index (χ4n) is 3.81. The van der Waals surface area contributed by atoms with Crippen LogP contribution in [0.3, 0.4) is 0 Å². The SMILES string of the molecule is Cn1c(=O)c2c(nc(N=Nc3c(O)[nH]c4ccc(Br)cc34)n2Cc2cccc(Br)c2)n(C)c1=O. The normalized spacial score (nSPS) is 11.9. The molecule has 34 heavy (non-hydrogen) atoms. The second-order valence-corrected chi connectivity index (χ2v) is 9.55. The molecule has 5 aromatic rings. The Morgan fingerprint density at radius 1 is 1.03 bits per heavy atom. The van der Waals surface area contributed by atoms with Crippen molar-refractivity contribution < 1.29 is 5.11 Å². The summed E-state index contributed by atoms with van der Waals surface area (Å²) in [6, 6.07) is 13.1. The fraction of sp³-hybridized carbons (Fsp3) is 0.136. The highest BCUT2D eigenvalue weighted by Crippen LogP contribution is 2.37. The van der Waals surface area contributed by atoms with E-state index in [1.165, 1.54) is 11.6 Å². The Balaban J connectivity index is 1.74. The molecule has 0 atom stereocenters. The minimum Gasteiger partial charge on any atom is -0.493 e. The van der Waals surface area contributed by atoms with Gasteiger partial charge in [0, 0.05) is 28.4 Å². The van der Waals surface area contributed by atoms with E-state index < -0.39 is 11.2 Å². The summed E-state index contributed by atoms with van der Waals surface area (Å²) in [5.41, 5.74) is 1.26. The first-order chi connectivity index (χ1) is 16.2. The smallest absolute Gasteiger partial charge is 0.332 e. The minimum absolute atomic E-state index is 0.122. The van der Waals surface area contributed by atoms with E-state index in [0.717, 1.165) is 19.1 Å². The van der Waals surface area contributed by atoms with Crippen LogP contribution in [-0.4, -0.2) is 28.8 Å². The molecular formula is C22H17Br2N7O3. The number of hydrogen-bond donors (Lipinski definition) is 2. The highest BCUT2D eigenvalue weighted by atomic mass is 79.9. The van der Waals surface area contributed by atoms with Gasteiger partial charge in [-0.2, -0.15) is 4.98 Å². The number of nitrogens with zero attached hydrogens (tertiary/aromatic N) is 6. The lowest BCUT2D eigenvalue weighted by Crippen LogP contribution is -2.37. The third-order valence-corrected chi connectivity index (χ3v) is 6.50. The van der Waals surface area contributed by atoms with Crippen LogP contribution in [0.25, 0.3) is 22.1 Å². The van der Waals surface area contributed by atoms with E-state index in [1.54, 1.807) is 17.7 Å². The zero-order chi connectivity index (χ0) is 24.1. The molecule has 12 heteroatoms. The summed E-state index contributed by atoms with van der Waals surface area (Å²) in [7, 11) is 2.97. The van der Waals surface area contributed by atoms with Crippen molar-refractivity contribution in [2.24, 2.45) is 24.3 Å². The van der Waals surface area contributed by atoms with Crippen molar-refractivity contribution in [1.29, 1.82) is 0 Å². The maximum Gasteiger partial charge on any atom is 0.332 e. The van der Waals surface area contributed by atoms with Gasteiger partial charge in [0.05, 0.1) is 12.1 Å². The van der Waals surface area contributed by atoms with Crippen LogP contribution >= 0.6 is 31.9 Å². The number of imidazole rings is 1. The van der Waals surface area contributed by atoms with E-state index in [2.05, 4.69) is 52.1 Å². The topological polar surface area (TPSA) is 123 Å². The first-order valence-corrected chi connectivity index (χ1v) is 11.7. The zero-order valence-electron chi connectivity index (χ0n) is 18.0. The van der Waals surface area contributed by atoms with Crippen LogP contribution in [0.5, 0.6) is 5.88 Å². The first-order valence-electron chi connectivity index (χ1n) is 10.1. The van der Waals surface area contributed by atoms with E-state index in [1.807, 2.05) is 36.4 Å². The van der Waals surface area contributed by atoms with E-state index in [9.17, 15) is 14.7 Å². The average Bonchev–Trinajstić information content (AvgIpc) is 3.31. The molecule has 0 unspecified atom stereocenters. The second-order valence-electron chi connectivity index (χ2n) is 7.72. The molecule has 2 N–H and O–H groups in total. The molecule has 0 amide bonds. The van der Waals surface area contributed by atoms with Gasteiger partial charge in [-0.1, -0.05) is 44.0 Å². The van der Waals surface area contributed by atoms with Gasteiger partial charge >= 0.3 is 5.69 Å². The molecule has 0 saturated heterocycles. The highest BCUT2D eigenvalue weighted by Gasteiger charge is 2.20. The number of azo groups is 1. The standard InChI is InChI=1S/C22H17Br2N7O3/c1-29-18-17(20(33)30(2)22(29)34)31(10-11-4-3-5-12(23)8-11)21(26-18)28-27-16-14-9-13(24)6-7-15(14)25-19(16)32/h3-9,25,32H,10H2,1-2H3. The molecule has 10 nitrogen and oxygen atoms in total. The van der Waals surface area contributed by atoms with Crippen LogP contribution in [0.2, 0.25) is 0 Å². The van der Waals surface area contributed by atoms with Crippen LogP contribution in [0.4, 0.5) is 11.6 Å². The van der Waals surface area contributed by atoms with Crippen molar-refractivity contribution in [3.05, 3.63) is 77.8 Å². The Hall–Kier alpha value is -3.51. The lowest BCUT2D eigenvalue weighted by molar-refractivity contribution is 0.459. The summed E-state index contributed by atoms with van der Waals surface area (Å²) < 4.78 is 5.64. The minimum atomic E-state index is -0.493. The highest BCUT2D eigenvalue weighted by molar-refractivity contribution is 9.10. The van der Waals surface area contributed by atoms with Crippen LogP contribution in [-0.2, 0) is 20.6 Å². The van der Waals surface area contributed by atoms with Gasteiger partial charge < -0.3 is 10.1 Å². The number of aryl methyl sites for hydroxylation is 1. The number of nitrogens with one attached hydrogen (secondary N) is 1. The van der Waals surface area contributed by atoms with Gasteiger partial charge in [0.25, 0.3) is 11.5 Å². The first kappa shape index (κ1) is 22.3. The van der Waals surface area contributed by atoms with Crippen molar-refractivity contribution in [1.82, 2.24) is 23.7 Å². The van der Waals surface area contributed by atoms with Gasteiger partial charge in [0.15, 0.2) is 16.9 Å². The summed E-state index contributed by atoms with van der Waals surface area (Å²) in [5, 5.41) is 19.6. The van der Waals surface area contributed by atoms with Crippen molar-refractivity contribution >= 4 is 65.6 Å². The molecule has 0 fully saturated rings. The molecular weight excluding hydrogens is 570 g/mol. The molecule has 0 saturated carbocycles. The van der Waals surface area contributed by atoms with Gasteiger partial charge in [-0.05, 0) is 35.9 Å². The van der Waals surface area contributed by atoms with Crippen LogP contribution in [0.15, 0.2) is 71.2 Å². The van der Waals surface area contributed by atoms with Gasteiger partial charge in [-0.25, -0.2) is 4.79 Å². The lowest BCUT2D eigenvalue weighted by atomic mass is 10.2. The number of aromatic amines is 1. The molecule has 0 aliphatic heterocycles. The zero-order valence-corrected chi connectivity index (χ0v) is 21.1. The van der Waals surface area contributed by atoms with Crippen LogP contribution < -0.4 is 11.2 Å². The fourth-order valence-corrected chi connectivity index (χ4v) is 4.62. The van der Waals surface area contributed by atoms with Gasteiger partial charge in [0.1, 0.15) is 0 Å². The van der Waals surface area contributed by atoms with Crippen molar-refractivity contribution in [3.63, 3.8) is 0 Å². The summed E-state index contributed by atoms with van der Waals surface area (Å²) in [6.07, 6.45) is 0. The predicted octanol–water partition coefficient (Wildman–Crippen LogP) is 4.61. The predicted molar refractivity (Wildman–Crippen MR) is 135 cm³/mol. The Morgan fingerprint density at radius 3 is 2.56 bits per heavy atom. The van der Waals surface area contributed by atoms with Crippen LogP contribution in [0.1, 0.15) is 5.56 Å². The number of benzene rings is 2. The largest absolute Gasteiger partial charge is 0.493 e. The molecule has 0 bridgehead atoms. The third-order valence-electron chi connectivity index (χ3n) is 5.51. The van der Waals surface area contributed by atoms with E-state index in [-0.39, 0.29) is 35.2 Å². The molecule has 3 heterocycles. The number of hydrogen-bond acceptors (Lipinski definition) is 6. The monoisotopic (exact) mass is 585 g/mol. The average molecular weight is 587 g/mol. The molecule has 0 radical (unpaired) electrons. The molecule has 3 aromatic heterocycles. The molecule has 0 spiro atoms. The number of fused-ring (bicyclic) bond motifs is 2. The Morgan fingerprint density at radius 2 is 1.79 bits per heavy atom. The number of aromatic hydroxyl groups is 1. The summed E-state index contributed by atoms with van der Waals surface area (Å²) in [4.78, 5) is 32.8. The third kappa shape index (κ3) is 3.68.